The predicted molar refractivity (Wildman–Crippen MR) is 52.4 cm³/mol. The molecule has 1 aromatic rings. The van der Waals surface area contributed by atoms with E-state index < -0.39 is 35.0 Å². The molecule has 0 saturated heterocycles. The average Bonchev–Trinajstić information content (AvgIpc) is 2.26. The second-order valence-electron chi connectivity index (χ2n) is 3.48. The lowest BCUT2D eigenvalue weighted by atomic mass is 10.0. The van der Waals surface area contributed by atoms with Crippen LogP contribution in [0.5, 0.6) is 0 Å². The van der Waals surface area contributed by atoms with Crippen LogP contribution in [0.2, 0.25) is 0 Å². The summed E-state index contributed by atoms with van der Waals surface area (Å²) in [5, 5.41) is 0. The maximum Gasteiger partial charge on any atom is 0.417 e. The quantitative estimate of drug-likeness (QED) is 0.609. The fraction of sp³-hybridized carbons (Fsp3) is 0.364. The zero-order valence-electron chi connectivity index (χ0n) is 9.52. The third-order valence-electron chi connectivity index (χ3n) is 2.15. The van der Waals surface area contributed by atoms with Crippen molar-refractivity contribution in [1.29, 1.82) is 0 Å². The summed E-state index contributed by atoms with van der Waals surface area (Å²) >= 11 is 0. The van der Waals surface area contributed by atoms with Crippen LogP contribution < -0.4 is 0 Å². The Labute approximate surface area is 104 Å². The van der Waals surface area contributed by atoms with Crippen LogP contribution in [0, 0.1) is 0 Å². The van der Waals surface area contributed by atoms with Crippen LogP contribution in [0.3, 0.4) is 0 Å². The third-order valence-corrected chi connectivity index (χ3v) is 2.15. The van der Waals surface area contributed by atoms with Crippen LogP contribution in [-0.4, -0.2) is 12.6 Å². The van der Waals surface area contributed by atoms with E-state index in [1.165, 1.54) is 6.92 Å². The third kappa shape index (κ3) is 3.62. The fourth-order valence-electron chi connectivity index (χ4n) is 1.34. The topological polar surface area (TPSA) is 26.3 Å². The number of esters is 1. The van der Waals surface area contributed by atoms with Gasteiger partial charge in [0.2, 0.25) is 0 Å². The Kier molecular flexibility index (Phi) is 4.12. The van der Waals surface area contributed by atoms with E-state index in [2.05, 4.69) is 4.74 Å². The number of hydrogen-bond donors (Lipinski definition) is 0. The molecule has 8 heteroatoms. The molecule has 0 N–H and O–H groups in total. The van der Waals surface area contributed by atoms with E-state index in [0.29, 0.717) is 12.1 Å². The summed E-state index contributed by atoms with van der Waals surface area (Å²) in [6.07, 6.45) is -10.0. The molecule has 0 fully saturated rings. The number of alkyl halides is 6. The lowest BCUT2D eigenvalue weighted by Gasteiger charge is -2.14. The number of ether oxygens (including phenoxy) is 1. The van der Waals surface area contributed by atoms with Crippen molar-refractivity contribution in [2.24, 2.45) is 0 Å². The normalized spacial score (nSPS) is 12.4. The van der Waals surface area contributed by atoms with Crippen molar-refractivity contribution in [3.8, 4) is 0 Å². The summed E-state index contributed by atoms with van der Waals surface area (Å²) in [6.45, 7) is 1.19. The van der Waals surface area contributed by atoms with Crippen molar-refractivity contribution < 1.29 is 35.9 Å². The molecule has 0 saturated carbocycles. The number of carbonyl (C=O) groups is 1. The van der Waals surface area contributed by atoms with E-state index in [9.17, 15) is 31.1 Å². The summed E-state index contributed by atoms with van der Waals surface area (Å²) in [5.74, 6) is -1.32. The molecule has 0 unspecified atom stereocenters. The first-order valence-corrected chi connectivity index (χ1v) is 5.03. The Hall–Kier alpha value is -1.73. The molecule has 0 atom stereocenters. The molecule has 106 valence electrons. The van der Waals surface area contributed by atoms with Crippen molar-refractivity contribution >= 4 is 5.97 Å². The molecule has 0 radical (unpaired) electrons. The van der Waals surface area contributed by atoms with Gasteiger partial charge in [-0.1, -0.05) is 0 Å². The molecule has 0 aromatic heterocycles. The first-order chi connectivity index (χ1) is 8.57. The number of rotatable bonds is 2. The zero-order chi connectivity index (χ0) is 14.8. The highest BCUT2D eigenvalue weighted by molar-refractivity contribution is 5.91. The maximum atomic E-state index is 12.6. The van der Waals surface area contributed by atoms with Crippen molar-refractivity contribution in [2.45, 2.75) is 19.3 Å². The lowest BCUT2D eigenvalue weighted by Crippen LogP contribution is -2.17. The molecule has 0 bridgehead atoms. The number of halogens is 6. The van der Waals surface area contributed by atoms with Gasteiger partial charge in [0, 0.05) is 0 Å². The summed E-state index contributed by atoms with van der Waals surface area (Å²) in [7, 11) is 0. The average molecular weight is 286 g/mol. The first-order valence-electron chi connectivity index (χ1n) is 5.03. The van der Waals surface area contributed by atoms with Crippen molar-refractivity contribution in [3.63, 3.8) is 0 Å². The molecule has 0 amide bonds. The molecule has 19 heavy (non-hydrogen) atoms. The summed E-state index contributed by atoms with van der Waals surface area (Å²) in [5.41, 5.74) is -4.09. The minimum atomic E-state index is -5.08. The lowest BCUT2D eigenvalue weighted by molar-refractivity contribution is -0.143. The van der Waals surface area contributed by atoms with Crippen LogP contribution in [-0.2, 0) is 17.1 Å². The van der Waals surface area contributed by atoms with Gasteiger partial charge in [-0.3, -0.25) is 0 Å². The fourth-order valence-corrected chi connectivity index (χ4v) is 1.34. The summed E-state index contributed by atoms with van der Waals surface area (Å²) in [4.78, 5) is 11.3. The molecule has 1 aromatic carbocycles. The number of hydrogen-bond acceptors (Lipinski definition) is 2. The highest BCUT2D eigenvalue weighted by Crippen LogP contribution is 2.37. The van der Waals surface area contributed by atoms with Gasteiger partial charge in [0.05, 0.1) is 23.3 Å². The van der Waals surface area contributed by atoms with Gasteiger partial charge in [-0.2, -0.15) is 26.3 Å². The summed E-state index contributed by atoms with van der Waals surface area (Å²) in [6, 6.07) is 0.761. The van der Waals surface area contributed by atoms with Crippen molar-refractivity contribution in [2.75, 3.05) is 6.61 Å². The van der Waals surface area contributed by atoms with Crippen molar-refractivity contribution in [3.05, 3.63) is 34.9 Å². The summed E-state index contributed by atoms with van der Waals surface area (Å²) < 4.78 is 79.4. The molecule has 0 aliphatic rings. The van der Waals surface area contributed by atoms with Gasteiger partial charge in [0.25, 0.3) is 0 Å². The molecular formula is C11H8F6O2. The molecular weight excluding hydrogens is 278 g/mol. The second kappa shape index (κ2) is 5.10. The zero-order valence-corrected chi connectivity index (χ0v) is 9.52. The van der Waals surface area contributed by atoms with Gasteiger partial charge in [-0.15, -0.1) is 0 Å². The Bertz CT molecular complexity index is 475. The van der Waals surface area contributed by atoms with Gasteiger partial charge in [-0.05, 0) is 25.1 Å². The van der Waals surface area contributed by atoms with Crippen LogP contribution in [0.25, 0.3) is 0 Å². The van der Waals surface area contributed by atoms with E-state index in [0.717, 1.165) is 0 Å². The van der Waals surface area contributed by atoms with Gasteiger partial charge in [0.1, 0.15) is 0 Å². The minimum Gasteiger partial charge on any atom is -0.462 e. The van der Waals surface area contributed by atoms with E-state index in [-0.39, 0.29) is 12.7 Å². The van der Waals surface area contributed by atoms with Crippen molar-refractivity contribution in [1.82, 2.24) is 0 Å². The SMILES string of the molecule is CCOC(=O)c1ccc(C(F)(F)F)cc1C(F)(F)F. The van der Waals surface area contributed by atoms with Gasteiger partial charge >= 0.3 is 18.3 Å². The highest BCUT2D eigenvalue weighted by atomic mass is 19.4. The molecule has 2 nitrogen and oxygen atoms in total. The molecule has 0 spiro atoms. The second-order valence-corrected chi connectivity index (χ2v) is 3.48. The van der Waals surface area contributed by atoms with Crippen LogP contribution in [0.4, 0.5) is 26.3 Å². The monoisotopic (exact) mass is 286 g/mol. The van der Waals surface area contributed by atoms with Gasteiger partial charge in [-0.25, -0.2) is 4.79 Å². The Morgan fingerprint density at radius 1 is 1.11 bits per heavy atom. The highest BCUT2D eigenvalue weighted by Gasteiger charge is 2.39. The van der Waals surface area contributed by atoms with E-state index in [1.54, 1.807) is 0 Å². The Morgan fingerprint density at radius 3 is 2.11 bits per heavy atom. The molecule has 0 heterocycles. The van der Waals surface area contributed by atoms with E-state index >= 15 is 0 Å². The first kappa shape index (κ1) is 15.3. The Balaban J connectivity index is 3.38. The van der Waals surface area contributed by atoms with E-state index in [4.69, 9.17) is 0 Å². The van der Waals surface area contributed by atoms with E-state index in [1.807, 2.05) is 0 Å². The Morgan fingerprint density at radius 2 is 1.68 bits per heavy atom. The van der Waals surface area contributed by atoms with Crippen LogP contribution in [0.15, 0.2) is 18.2 Å². The maximum absolute atomic E-state index is 12.6. The smallest absolute Gasteiger partial charge is 0.417 e. The molecule has 1 rings (SSSR count). The van der Waals surface area contributed by atoms with Gasteiger partial charge < -0.3 is 4.74 Å². The van der Waals surface area contributed by atoms with Crippen LogP contribution in [0.1, 0.15) is 28.4 Å². The standard InChI is InChI=1S/C11H8F6O2/c1-2-19-9(18)7-4-3-6(10(12,13)14)5-8(7)11(15,16)17/h3-5H,2H2,1H3. The molecule has 0 aliphatic carbocycles. The van der Waals surface area contributed by atoms with Gasteiger partial charge in [0.15, 0.2) is 0 Å². The van der Waals surface area contributed by atoms with Crippen LogP contribution >= 0.6 is 0 Å². The predicted octanol–water partition coefficient (Wildman–Crippen LogP) is 3.90. The molecule has 0 aliphatic heterocycles. The largest absolute Gasteiger partial charge is 0.462 e. The number of carbonyl (C=O) groups excluding carboxylic acids is 1. The number of benzene rings is 1. The minimum absolute atomic E-state index is 0.105.